The molecule has 2 rings (SSSR count). The molecule has 2 N–H and O–H groups in total. The molecule has 0 aliphatic rings. The lowest BCUT2D eigenvalue weighted by atomic mass is 10.3. The van der Waals surface area contributed by atoms with Crippen LogP contribution in [0.1, 0.15) is 6.42 Å². The molecule has 0 aliphatic heterocycles. The van der Waals surface area contributed by atoms with Gasteiger partial charge in [-0.05, 0) is 25.1 Å². The van der Waals surface area contributed by atoms with Crippen molar-refractivity contribution >= 4 is 22.8 Å². The van der Waals surface area contributed by atoms with Gasteiger partial charge in [0, 0.05) is 32.1 Å². The number of imidazole rings is 1. The first-order valence-electron chi connectivity index (χ1n) is 6.69. The Morgan fingerprint density at radius 1 is 1.30 bits per heavy atom. The molecule has 6 heteroatoms. The number of H-pyrrole nitrogens is 1. The average Bonchev–Trinajstić information content (AvgIpc) is 2.87. The Hall–Kier alpha value is -1.24. The number of aromatic amines is 1. The Morgan fingerprint density at radius 2 is 2.20 bits per heavy atom. The fraction of sp³-hybridized carbons (Fsp3) is 0.500. The van der Waals surface area contributed by atoms with Gasteiger partial charge < -0.3 is 19.8 Å². The molecule has 110 valence electrons. The van der Waals surface area contributed by atoms with Gasteiger partial charge in [0.15, 0.2) is 5.16 Å². The summed E-state index contributed by atoms with van der Waals surface area (Å²) in [6.45, 7) is 2.77. The fourth-order valence-corrected chi connectivity index (χ4v) is 2.63. The topological polar surface area (TPSA) is 59.2 Å². The summed E-state index contributed by atoms with van der Waals surface area (Å²) in [5, 5.41) is 4.33. The number of aromatic nitrogens is 2. The van der Waals surface area contributed by atoms with Crippen molar-refractivity contribution in [2.45, 2.75) is 11.6 Å². The molecule has 5 nitrogen and oxygen atoms in total. The minimum atomic E-state index is 0.811. The minimum absolute atomic E-state index is 0.811. The van der Waals surface area contributed by atoms with Crippen molar-refractivity contribution in [2.75, 3.05) is 39.7 Å². The van der Waals surface area contributed by atoms with Crippen LogP contribution in [0.2, 0.25) is 0 Å². The van der Waals surface area contributed by atoms with E-state index >= 15 is 0 Å². The molecule has 0 fully saturated rings. The molecule has 0 saturated heterocycles. The first-order valence-corrected chi connectivity index (χ1v) is 7.68. The number of nitrogens with one attached hydrogen (secondary N) is 2. The van der Waals surface area contributed by atoms with Crippen molar-refractivity contribution in [1.82, 2.24) is 15.3 Å². The van der Waals surface area contributed by atoms with E-state index in [1.807, 2.05) is 18.2 Å². The van der Waals surface area contributed by atoms with Crippen molar-refractivity contribution in [2.24, 2.45) is 0 Å². The summed E-state index contributed by atoms with van der Waals surface area (Å²) in [5.41, 5.74) is 1.99. The van der Waals surface area contributed by atoms with Crippen LogP contribution in [0.15, 0.2) is 23.4 Å². The predicted octanol–water partition coefficient (Wildman–Crippen LogP) is 2.29. The van der Waals surface area contributed by atoms with E-state index in [2.05, 4.69) is 15.3 Å². The number of hydrogen-bond acceptors (Lipinski definition) is 5. The molecule has 0 radical (unpaired) electrons. The summed E-state index contributed by atoms with van der Waals surface area (Å²) < 4.78 is 10.2. The molecule has 0 aliphatic carbocycles. The molecule has 0 atom stereocenters. The number of rotatable bonds is 9. The molecule has 0 amide bonds. The number of benzene rings is 1. The number of thioether (sulfide) groups is 1. The van der Waals surface area contributed by atoms with Gasteiger partial charge in [-0.15, -0.1) is 0 Å². The normalized spacial score (nSPS) is 11.1. The highest BCUT2D eigenvalue weighted by Crippen LogP contribution is 2.22. The average molecular weight is 295 g/mol. The third kappa shape index (κ3) is 4.40. The molecular formula is C14H21N3O2S. The first-order chi connectivity index (χ1) is 9.83. The fourth-order valence-electron chi connectivity index (χ4n) is 1.85. The number of fused-ring (bicyclic) bond motifs is 1. The van der Waals surface area contributed by atoms with Crippen LogP contribution in [0, 0.1) is 0 Å². The van der Waals surface area contributed by atoms with Gasteiger partial charge in [0.1, 0.15) is 5.75 Å². The first kappa shape index (κ1) is 15.2. The smallest absolute Gasteiger partial charge is 0.166 e. The van der Waals surface area contributed by atoms with E-state index in [1.54, 1.807) is 26.0 Å². The number of ether oxygens (including phenoxy) is 2. The summed E-state index contributed by atoms with van der Waals surface area (Å²) in [7, 11) is 3.40. The van der Waals surface area contributed by atoms with Gasteiger partial charge in [0.2, 0.25) is 0 Å². The largest absolute Gasteiger partial charge is 0.497 e. The summed E-state index contributed by atoms with van der Waals surface area (Å²) in [4.78, 5) is 7.85. The molecule has 1 aromatic heterocycles. The third-order valence-corrected chi connectivity index (χ3v) is 3.76. The summed E-state index contributed by atoms with van der Waals surface area (Å²) >= 11 is 1.72. The third-order valence-electron chi connectivity index (χ3n) is 2.89. The SMILES string of the molecule is COCCCNCCSc1nc2ccc(OC)cc2[nH]1. The van der Waals surface area contributed by atoms with Crippen molar-refractivity contribution in [3.05, 3.63) is 18.2 Å². The van der Waals surface area contributed by atoms with Crippen molar-refractivity contribution in [3.63, 3.8) is 0 Å². The van der Waals surface area contributed by atoms with Crippen molar-refractivity contribution in [1.29, 1.82) is 0 Å². The van der Waals surface area contributed by atoms with Crippen LogP contribution < -0.4 is 10.1 Å². The van der Waals surface area contributed by atoms with Gasteiger partial charge >= 0.3 is 0 Å². The van der Waals surface area contributed by atoms with Crippen LogP contribution in [0.5, 0.6) is 5.75 Å². The number of methoxy groups -OCH3 is 2. The molecule has 20 heavy (non-hydrogen) atoms. The molecule has 1 heterocycles. The highest BCUT2D eigenvalue weighted by Gasteiger charge is 2.04. The lowest BCUT2D eigenvalue weighted by molar-refractivity contribution is 0.194. The van der Waals surface area contributed by atoms with Crippen LogP contribution in [0.3, 0.4) is 0 Å². The maximum absolute atomic E-state index is 5.20. The second-order valence-electron chi connectivity index (χ2n) is 4.37. The zero-order valence-electron chi connectivity index (χ0n) is 11.9. The van der Waals surface area contributed by atoms with E-state index in [-0.39, 0.29) is 0 Å². The van der Waals surface area contributed by atoms with E-state index < -0.39 is 0 Å². The summed E-state index contributed by atoms with van der Waals surface area (Å²) in [6, 6.07) is 5.86. The van der Waals surface area contributed by atoms with E-state index in [0.717, 1.165) is 53.8 Å². The van der Waals surface area contributed by atoms with Gasteiger partial charge in [-0.3, -0.25) is 0 Å². The summed E-state index contributed by atoms with van der Waals surface area (Å²) in [6.07, 6.45) is 1.05. The van der Waals surface area contributed by atoms with Crippen LogP contribution in [0.4, 0.5) is 0 Å². The zero-order chi connectivity index (χ0) is 14.2. The zero-order valence-corrected chi connectivity index (χ0v) is 12.8. The lowest BCUT2D eigenvalue weighted by Gasteiger charge is -2.02. The highest BCUT2D eigenvalue weighted by molar-refractivity contribution is 7.99. The van der Waals surface area contributed by atoms with E-state index in [1.165, 1.54) is 0 Å². The van der Waals surface area contributed by atoms with Crippen molar-refractivity contribution in [3.8, 4) is 5.75 Å². The number of hydrogen-bond donors (Lipinski definition) is 2. The van der Waals surface area contributed by atoms with E-state index in [4.69, 9.17) is 9.47 Å². The van der Waals surface area contributed by atoms with Gasteiger partial charge in [-0.2, -0.15) is 0 Å². The molecule has 0 spiro atoms. The monoisotopic (exact) mass is 295 g/mol. The Labute approximate surface area is 123 Å². The van der Waals surface area contributed by atoms with Crippen molar-refractivity contribution < 1.29 is 9.47 Å². The molecule has 0 unspecified atom stereocenters. The summed E-state index contributed by atoms with van der Waals surface area (Å²) in [5.74, 6) is 1.83. The maximum Gasteiger partial charge on any atom is 0.166 e. The maximum atomic E-state index is 5.20. The van der Waals surface area contributed by atoms with Gasteiger partial charge in [0.05, 0.1) is 18.1 Å². The van der Waals surface area contributed by atoms with Gasteiger partial charge in [-0.25, -0.2) is 4.98 Å². The van der Waals surface area contributed by atoms with Crippen LogP contribution >= 0.6 is 11.8 Å². The molecule has 2 aromatic rings. The second kappa shape index (κ2) is 8.14. The highest BCUT2D eigenvalue weighted by atomic mass is 32.2. The minimum Gasteiger partial charge on any atom is -0.497 e. The molecule has 0 bridgehead atoms. The number of nitrogens with zero attached hydrogens (tertiary/aromatic N) is 1. The Bertz CT molecular complexity index is 530. The molecule has 0 saturated carbocycles. The Kier molecular flexibility index (Phi) is 6.17. The van der Waals surface area contributed by atoms with E-state index in [0.29, 0.717) is 0 Å². The quantitative estimate of drug-likeness (QED) is 0.549. The predicted molar refractivity (Wildman–Crippen MR) is 82.7 cm³/mol. The second-order valence-corrected chi connectivity index (χ2v) is 5.45. The van der Waals surface area contributed by atoms with E-state index in [9.17, 15) is 0 Å². The van der Waals surface area contributed by atoms with Crippen LogP contribution in [-0.4, -0.2) is 49.6 Å². The standard InChI is InChI=1S/C14H21N3O2S/c1-18-8-3-6-15-7-9-20-14-16-12-5-4-11(19-2)10-13(12)17-14/h4-5,10,15H,3,6-9H2,1-2H3,(H,16,17). The van der Waals surface area contributed by atoms with Crippen LogP contribution in [-0.2, 0) is 4.74 Å². The Morgan fingerprint density at radius 3 is 3.00 bits per heavy atom. The Balaban J connectivity index is 1.76. The van der Waals surface area contributed by atoms with Gasteiger partial charge in [-0.1, -0.05) is 11.8 Å². The lowest BCUT2D eigenvalue weighted by Crippen LogP contribution is -2.19. The molecule has 1 aromatic carbocycles. The van der Waals surface area contributed by atoms with Crippen LogP contribution in [0.25, 0.3) is 11.0 Å². The molecular weight excluding hydrogens is 274 g/mol. The van der Waals surface area contributed by atoms with Gasteiger partial charge in [0.25, 0.3) is 0 Å².